The molecule has 0 unspecified atom stereocenters. The van der Waals surface area contributed by atoms with Gasteiger partial charge in [-0.3, -0.25) is 0 Å². The van der Waals surface area contributed by atoms with Gasteiger partial charge in [-0.25, -0.2) is 0 Å². The van der Waals surface area contributed by atoms with Crippen LogP contribution in [-0.4, -0.2) is 18.0 Å². The molecule has 1 spiro atoms. The van der Waals surface area contributed by atoms with Crippen molar-refractivity contribution >= 4 is 119 Å². The first kappa shape index (κ1) is 68.3. The summed E-state index contributed by atoms with van der Waals surface area (Å²) < 4.78 is 10.8. The van der Waals surface area contributed by atoms with E-state index in [0.717, 1.165) is 102 Å². The van der Waals surface area contributed by atoms with Crippen molar-refractivity contribution in [3.63, 3.8) is 0 Å². The molecule has 17 aromatic rings. The van der Waals surface area contributed by atoms with E-state index in [0.29, 0.717) is 0 Å². The van der Waals surface area contributed by atoms with Crippen LogP contribution in [0.4, 0.5) is 51.2 Å². The summed E-state index contributed by atoms with van der Waals surface area (Å²) in [6.07, 6.45) is 0. The van der Waals surface area contributed by atoms with Crippen molar-refractivity contribution < 1.29 is 4.74 Å². The summed E-state index contributed by atoms with van der Waals surface area (Å²) in [5.41, 5.74) is 40.8. The highest BCUT2D eigenvalue weighted by molar-refractivity contribution is 7.02. The molecule has 0 amide bonds. The standard InChI is InChI=1S/C109H84B2N4O/c1-106(2,3)70-52-55-92(81(60-70)68-34-15-11-16-35-68)115-96-51-30-27-48-88(96)111-90-65-89-97(66-101(90)116-102-59-69(58-98(115)105(102)111)76-42-31-43-80-79-41-21-25-46-86(79)109(103(76)80)84-44-23-19-39-77(84)78-40-20-24-45-85(78)109)112(73-36-17-12-18-37-73)99-63-74(113-93-56-53-71(107(4,5)6)61-82(93)83-62-72(108(7,8)9)54-57-94(83)113)64-100-104(99)110(89)87-47-26-29-50-95(87)114(100)91-49-28-22-38-75(91)67-32-13-10-14-33-67/h10-66H,1-9H3. The maximum absolute atomic E-state index is 8.20. The predicted molar refractivity (Wildman–Crippen MR) is 489 cm³/mol. The number of hydrogen-bond donors (Lipinski definition) is 0. The lowest BCUT2D eigenvalue weighted by molar-refractivity contribution is 0.488. The van der Waals surface area contributed by atoms with E-state index in [9.17, 15) is 0 Å². The number of hydrogen-bond acceptors (Lipinski definition) is 4. The highest BCUT2D eigenvalue weighted by Gasteiger charge is 2.54. The second-order valence-corrected chi connectivity index (χ2v) is 35.8. The first-order valence-corrected chi connectivity index (χ1v) is 41.2. The molecule has 1 aromatic heterocycles. The van der Waals surface area contributed by atoms with Gasteiger partial charge in [0.25, 0.3) is 13.4 Å². The number of fused-ring (bicyclic) bond motifs is 21. The number of benzene rings is 16. The van der Waals surface area contributed by atoms with Crippen molar-refractivity contribution in [1.29, 1.82) is 0 Å². The van der Waals surface area contributed by atoms with Crippen molar-refractivity contribution in [2.24, 2.45) is 0 Å². The second-order valence-electron chi connectivity index (χ2n) is 35.8. The van der Waals surface area contributed by atoms with Crippen LogP contribution in [0.2, 0.25) is 0 Å². The molecule has 0 N–H and O–H groups in total. The Hall–Kier alpha value is -13.4. The van der Waals surface area contributed by atoms with Gasteiger partial charge in [-0.1, -0.05) is 311 Å². The minimum Gasteiger partial charge on any atom is -0.458 e. The summed E-state index contributed by atoms with van der Waals surface area (Å²) in [6.45, 7) is 20.5. The number of rotatable bonds is 7. The van der Waals surface area contributed by atoms with Crippen LogP contribution in [0.1, 0.15) is 101 Å². The van der Waals surface area contributed by atoms with Crippen molar-refractivity contribution in [3.8, 4) is 72.8 Å². The van der Waals surface area contributed by atoms with Gasteiger partial charge < -0.3 is 24.0 Å². The van der Waals surface area contributed by atoms with E-state index in [1.807, 2.05) is 0 Å². The van der Waals surface area contributed by atoms with Gasteiger partial charge in [0.15, 0.2) is 0 Å². The Morgan fingerprint density at radius 2 is 0.698 bits per heavy atom. The number of para-hydroxylation sites is 4. The Morgan fingerprint density at radius 3 is 1.28 bits per heavy atom. The molecule has 5 heterocycles. The Bertz CT molecular complexity index is 6900. The van der Waals surface area contributed by atoms with Gasteiger partial charge in [0.1, 0.15) is 11.5 Å². The van der Waals surface area contributed by atoms with E-state index in [4.69, 9.17) is 4.74 Å². The third-order valence-electron chi connectivity index (χ3n) is 26.3. The van der Waals surface area contributed by atoms with Crippen LogP contribution in [0, 0.1) is 0 Å². The first-order chi connectivity index (χ1) is 56.5. The Kier molecular flexibility index (Phi) is 14.6. The molecule has 5 nitrogen and oxygen atoms in total. The number of nitrogens with zero attached hydrogens (tertiary/aromatic N) is 4. The number of anilines is 9. The quantitative estimate of drug-likeness (QED) is 0.148. The number of aromatic nitrogens is 1. The lowest BCUT2D eigenvalue weighted by Crippen LogP contribution is -2.64. The third kappa shape index (κ3) is 9.78. The molecular formula is C109H84B2N4O. The molecule has 4 aliphatic heterocycles. The molecular weight excluding hydrogens is 1400 g/mol. The Labute approximate surface area is 680 Å². The van der Waals surface area contributed by atoms with Crippen molar-refractivity contribution in [3.05, 3.63) is 385 Å². The molecule has 16 aromatic carbocycles. The van der Waals surface area contributed by atoms with Crippen LogP contribution in [0.5, 0.6) is 11.5 Å². The predicted octanol–water partition coefficient (Wildman–Crippen LogP) is 24.5. The summed E-state index contributed by atoms with van der Waals surface area (Å²) in [5.74, 6) is 1.68. The van der Waals surface area contributed by atoms with Crippen LogP contribution in [0.25, 0.3) is 83.1 Å². The van der Waals surface area contributed by atoms with Crippen LogP contribution in [-0.2, 0) is 21.7 Å². The summed E-state index contributed by atoms with van der Waals surface area (Å²) >= 11 is 0. The van der Waals surface area contributed by atoms with Gasteiger partial charge in [0.2, 0.25) is 0 Å². The smallest absolute Gasteiger partial charge is 0.256 e. The van der Waals surface area contributed by atoms with Crippen LogP contribution >= 0.6 is 0 Å². The van der Waals surface area contributed by atoms with E-state index < -0.39 is 5.41 Å². The van der Waals surface area contributed by atoms with E-state index in [-0.39, 0.29) is 29.7 Å². The first-order valence-electron chi connectivity index (χ1n) is 41.2. The van der Waals surface area contributed by atoms with E-state index in [1.165, 1.54) is 116 Å². The average Bonchev–Trinajstić information content (AvgIpc) is 1.55. The van der Waals surface area contributed by atoms with Gasteiger partial charge in [-0.15, -0.1) is 0 Å². The molecule has 2 aliphatic carbocycles. The number of ether oxygens (including phenoxy) is 1. The van der Waals surface area contributed by atoms with Gasteiger partial charge >= 0.3 is 0 Å². The molecule has 552 valence electrons. The normalized spacial score (nSPS) is 14.1. The molecule has 0 atom stereocenters. The average molecular weight is 1490 g/mol. The molecule has 0 saturated heterocycles. The molecule has 0 bridgehead atoms. The topological polar surface area (TPSA) is 23.9 Å². The van der Waals surface area contributed by atoms with Crippen molar-refractivity contribution in [2.45, 2.75) is 84.0 Å². The molecule has 6 aliphatic rings. The van der Waals surface area contributed by atoms with Gasteiger partial charge in [0, 0.05) is 67.8 Å². The van der Waals surface area contributed by atoms with E-state index in [2.05, 4.69) is 427 Å². The zero-order chi connectivity index (χ0) is 78.0. The zero-order valence-electron chi connectivity index (χ0n) is 66.8. The summed E-state index contributed by atoms with van der Waals surface area (Å²) in [6, 6.07) is 132. The second kappa shape index (κ2) is 24.8. The fourth-order valence-corrected chi connectivity index (χ4v) is 21.0. The monoisotopic (exact) mass is 1490 g/mol. The largest absolute Gasteiger partial charge is 0.458 e. The molecule has 0 radical (unpaired) electrons. The SMILES string of the molecule is CC(C)(C)c1ccc(N2c3ccccc3B3c4cc5c(cc4Oc4cc(-c6cccc7c6C6(c8ccccc8-c8ccccc86)c6ccccc6-7)cc2c43)N(c2ccccc2)c2cc(-n3c4ccc(C(C)(C)C)cc4c4cc(C(C)(C)C)ccc43)cc3c2B5c2ccccc2N3c2ccccc2-c2ccccc2)c(-c2ccccc2)c1. The minimum absolute atomic E-state index is 0.0741. The maximum atomic E-state index is 8.20. The van der Waals surface area contributed by atoms with Gasteiger partial charge in [-0.05, 0) is 223 Å². The molecule has 23 rings (SSSR count). The third-order valence-corrected chi connectivity index (χ3v) is 26.3. The summed E-state index contributed by atoms with van der Waals surface area (Å²) in [5, 5.41) is 2.50. The molecule has 116 heavy (non-hydrogen) atoms. The minimum atomic E-state index is -0.614. The summed E-state index contributed by atoms with van der Waals surface area (Å²) in [4.78, 5) is 7.79. The fraction of sp³-hybridized carbons (Fsp3) is 0.119. The van der Waals surface area contributed by atoms with Crippen LogP contribution in [0.15, 0.2) is 346 Å². The molecule has 7 heteroatoms. The zero-order valence-corrected chi connectivity index (χ0v) is 66.8. The lowest BCUT2D eigenvalue weighted by atomic mass is 9.30. The van der Waals surface area contributed by atoms with Crippen molar-refractivity contribution in [2.75, 3.05) is 14.7 Å². The highest BCUT2D eigenvalue weighted by Crippen LogP contribution is 2.65. The van der Waals surface area contributed by atoms with Gasteiger partial charge in [0.05, 0.1) is 33.5 Å². The fourth-order valence-electron chi connectivity index (χ4n) is 21.0. The summed E-state index contributed by atoms with van der Waals surface area (Å²) in [7, 11) is 0. The molecule has 0 fully saturated rings. The maximum Gasteiger partial charge on any atom is 0.256 e. The van der Waals surface area contributed by atoms with Crippen LogP contribution < -0.4 is 52.2 Å². The lowest BCUT2D eigenvalue weighted by Gasteiger charge is -2.46. The Morgan fingerprint density at radius 1 is 0.259 bits per heavy atom. The highest BCUT2D eigenvalue weighted by atomic mass is 16.5. The van der Waals surface area contributed by atoms with Crippen LogP contribution in [0.3, 0.4) is 0 Å². The van der Waals surface area contributed by atoms with Crippen molar-refractivity contribution in [1.82, 2.24) is 4.57 Å². The van der Waals surface area contributed by atoms with Gasteiger partial charge in [-0.2, -0.15) is 0 Å². The van der Waals surface area contributed by atoms with E-state index >= 15 is 0 Å². The Balaban J connectivity index is 0.811. The van der Waals surface area contributed by atoms with E-state index in [1.54, 1.807) is 0 Å². The molecule has 0 saturated carbocycles.